The first-order valence-electron chi connectivity index (χ1n) is 6.95. The summed E-state index contributed by atoms with van der Waals surface area (Å²) in [5.41, 5.74) is 6.22. The minimum Gasteiger partial charge on any atom is -0.373 e. The number of hydrogen-bond acceptors (Lipinski definition) is 3. The Bertz CT molecular complexity index is 601. The summed E-state index contributed by atoms with van der Waals surface area (Å²) in [6.07, 6.45) is 1.61. The van der Waals surface area contributed by atoms with Crippen molar-refractivity contribution in [2.24, 2.45) is 0 Å². The summed E-state index contributed by atoms with van der Waals surface area (Å²) in [7, 11) is 1.87. The fourth-order valence-corrected chi connectivity index (χ4v) is 2.43. The first-order valence-corrected chi connectivity index (χ1v) is 6.95. The van der Waals surface area contributed by atoms with Gasteiger partial charge in [0.05, 0.1) is 5.69 Å². The van der Waals surface area contributed by atoms with Crippen LogP contribution in [0.1, 0.15) is 37.5 Å². The van der Waals surface area contributed by atoms with Crippen LogP contribution in [0.2, 0.25) is 0 Å². The van der Waals surface area contributed by atoms with Crippen LogP contribution < -0.4 is 5.32 Å². The smallest absolute Gasteiger partial charge is 0.129 e. The molecule has 0 fully saturated rings. The van der Waals surface area contributed by atoms with Gasteiger partial charge in [-0.25, -0.2) is 9.97 Å². The summed E-state index contributed by atoms with van der Waals surface area (Å²) in [5.74, 6) is 0.841. The predicted molar refractivity (Wildman–Crippen MR) is 85.2 cm³/mol. The molecule has 1 aromatic carbocycles. The summed E-state index contributed by atoms with van der Waals surface area (Å²) < 4.78 is 0. The Morgan fingerprint density at radius 3 is 2.05 bits per heavy atom. The maximum absolute atomic E-state index is 4.42. The lowest BCUT2D eigenvalue weighted by Crippen LogP contribution is -2.12. The van der Waals surface area contributed by atoms with E-state index in [1.807, 2.05) is 13.1 Å². The zero-order valence-electron chi connectivity index (χ0n) is 13.2. The molecule has 0 radical (unpaired) electrons. The van der Waals surface area contributed by atoms with Crippen LogP contribution in [0.15, 0.2) is 24.5 Å². The lowest BCUT2D eigenvalue weighted by Gasteiger charge is -2.22. The van der Waals surface area contributed by atoms with Crippen LogP contribution in [0.3, 0.4) is 0 Å². The summed E-state index contributed by atoms with van der Waals surface area (Å²) in [5, 5.41) is 3.06. The Morgan fingerprint density at radius 2 is 1.55 bits per heavy atom. The number of nitrogens with zero attached hydrogens (tertiary/aromatic N) is 2. The molecule has 0 amide bonds. The molecule has 0 aliphatic carbocycles. The van der Waals surface area contributed by atoms with Crippen LogP contribution in [0.25, 0.3) is 11.3 Å². The zero-order chi connectivity index (χ0) is 14.9. The molecule has 0 saturated carbocycles. The van der Waals surface area contributed by atoms with Gasteiger partial charge in [-0.05, 0) is 36.0 Å². The van der Waals surface area contributed by atoms with E-state index in [0.29, 0.717) is 0 Å². The molecule has 0 unspecified atom stereocenters. The quantitative estimate of drug-likeness (QED) is 0.892. The number of benzene rings is 1. The maximum Gasteiger partial charge on any atom is 0.129 e. The van der Waals surface area contributed by atoms with E-state index in [0.717, 1.165) is 11.5 Å². The van der Waals surface area contributed by atoms with E-state index in [1.54, 1.807) is 6.33 Å². The van der Waals surface area contributed by atoms with Gasteiger partial charge < -0.3 is 5.32 Å². The monoisotopic (exact) mass is 269 g/mol. The molecule has 0 saturated heterocycles. The second kappa shape index (κ2) is 5.23. The molecule has 0 spiro atoms. The van der Waals surface area contributed by atoms with Crippen LogP contribution in [-0.4, -0.2) is 17.0 Å². The number of hydrogen-bond donors (Lipinski definition) is 1. The Balaban J connectivity index is 2.58. The highest BCUT2D eigenvalue weighted by Crippen LogP contribution is 2.32. The van der Waals surface area contributed by atoms with E-state index in [4.69, 9.17) is 0 Å². The third-order valence-corrected chi connectivity index (χ3v) is 3.58. The molecule has 1 heterocycles. The van der Waals surface area contributed by atoms with Gasteiger partial charge in [0.2, 0.25) is 0 Å². The zero-order valence-corrected chi connectivity index (χ0v) is 13.2. The lowest BCUT2D eigenvalue weighted by atomic mass is 9.83. The number of rotatable bonds is 2. The first-order chi connectivity index (χ1) is 9.32. The SMILES string of the molecule is CNc1cc(-c2c(C)cc(C(C)(C)C)cc2C)ncn1. The van der Waals surface area contributed by atoms with Gasteiger partial charge >= 0.3 is 0 Å². The van der Waals surface area contributed by atoms with E-state index < -0.39 is 0 Å². The third kappa shape index (κ3) is 2.82. The number of nitrogens with one attached hydrogen (secondary N) is 1. The lowest BCUT2D eigenvalue weighted by molar-refractivity contribution is 0.589. The van der Waals surface area contributed by atoms with Crippen LogP contribution in [-0.2, 0) is 5.41 Å². The van der Waals surface area contributed by atoms with E-state index >= 15 is 0 Å². The van der Waals surface area contributed by atoms with Gasteiger partial charge in [-0.15, -0.1) is 0 Å². The van der Waals surface area contributed by atoms with Crippen molar-refractivity contribution in [2.75, 3.05) is 12.4 Å². The van der Waals surface area contributed by atoms with E-state index in [1.165, 1.54) is 22.3 Å². The molecule has 2 aromatic rings. The number of anilines is 1. The van der Waals surface area contributed by atoms with Gasteiger partial charge in [-0.1, -0.05) is 32.9 Å². The van der Waals surface area contributed by atoms with E-state index in [2.05, 4.69) is 62.0 Å². The highest BCUT2D eigenvalue weighted by molar-refractivity contribution is 5.70. The number of aryl methyl sites for hydroxylation is 2. The number of aromatic nitrogens is 2. The van der Waals surface area contributed by atoms with Crippen molar-refractivity contribution in [3.05, 3.63) is 41.2 Å². The Kier molecular flexibility index (Phi) is 3.80. The van der Waals surface area contributed by atoms with Gasteiger partial charge in [0, 0.05) is 18.7 Å². The highest BCUT2D eigenvalue weighted by atomic mass is 15.0. The van der Waals surface area contributed by atoms with Crippen molar-refractivity contribution < 1.29 is 0 Å². The van der Waals surface area contributed by atoms with Crippen molar-refractivity contribution in [1.82, 2.24) is 9.97 Å². The summed E-state index contributed by atoms with van der Waals surface area (Å²) >= 11 is 0. The second-order valence-electron chi connectivity index (χ2n) is 6.27. The van der Waals surface area contributed by atoms with Crippen molar-refractivity contribution in [2.45, 2.75) is 40.0 Å². The Hall–Kier alpha value is -1.90. The average molecular weight is 269 g/mol. The summed E-state index contributed by atoms with van der Waals surface area (Å²) in [4.78, 5) is 8.60. The Morgan fingerprint density at radius 1 is 0.950 bits per heavy atom. The topological polar surface area (TPSA) is 37.8 Å². The molecule has 1 N–H and O–H groups in total. The average Bonchev–Trinajstić information content (AvgIpc) is 2.37. The molecule has 3 heteroatoms. The fraction of sp³-hybridized carbons (Fsp3) is 0.412. The first kappa shape index (κ1) is 14.5. The van der Waals surface area contributed by atoms with Crippen LogP contribution >= 0.6 is 0 Å². The second-order valence-corrected chi connectivity index (χ2v) is 6.27. The molecule has 106 valence electrons. The summed E-state index contributed by atoms with van der Waals surface area (Å²) in [6, 6.07) is 6.53. The van der Waals surface area contributed by atoms with Gasteiger partial charge in [0.1, 0.15) is 12.1 Å². The highest BCUT2D eigenvalue weighted by Gasteiger charge is 2.17. The molecule has 1 aromatic heterocycles. The van der Waals surface area contributed by atoms with Crippen LogP contribution in [0.4, 0.5) is 5.82 Å². The van der Waals surface area contributed by atoms with E-state index in [-0.39, 0.29) is 5.41 Å². The summed E-state index contributed by atoms with van der Waals surface area (Å²) in [6.45, 7) is 11.0. The molecular weight excluding hydrogens is 246 g/mol. The van der Waals surface area contributed by atoms with Gasteiger partial charge in [-0.3, -0.25) is 0 Å². The maximum atomic E-state index is 4.42. The largest absolute Gasteiger partial charge is 0.373 e. The standard InChI is InChI=1S/C17H23N3/c1-11-7-13(17(3,4)5)8-12(2)16(11)14-9-15(18-6)20-10-19-14/h7-10H,1-6H3,(H,18,19,20). The van der Waals surface area contributed by atoms with Crippen molar-refractivity contribution in [3.63, 3.8) is 0 Å². The third-order valence-electron chi connectivity index (χ3n) is 3.58. The normalized spacial score (nSPS) is 11.5. The molecular formula is C17H23N3. The molecule has 3 nitrogen and oxygen atoms in total. The molecule has 2 rings (SSSR count). The molecule has 20 heavy (non-hydrogen) atoms. The van der Waals surface area contributed by atoms with Gasteiger partial charge in [-0.2, -0.15) is 0 Å². The van der Waals surface area contributed by atoms with Gasteiger partial charge in [0.25, 0.3) is 0 Å². The Labute approximate surface area is 121 Å². The fourth-order valence-electron chi connectivity index (χ4n) is 2.43. The van der Waals surface area contributed by atoms with E-state index in [9.17, 15) is 0 Å². The molecule has 0 aliphatic rings. The van der Waals surface area contributed by atoms with Gasteiger partial charge in [0.15, 0.2) is 0 Å². The molecule has 0 atom stereocenters. The molecule has 0 bridgehead atoms. The van der Waals surface area contributed by atoms with Crippen LogP contribution in [0, 0.1) is 13.8 Å². The van der Waals surface area contributed by atoms with Crippen molar-refractivity contribution in [1.29, 1.82) is 0 Å². The van der Waals surface area contributed by atoms with Crippen molar-refractivity contribution in [3.8, 4) is 11.3 Å². The predicted octanol–water partition coefficient (Wildman–Crippen LogP) is 4.10. The van der Waals surface area contributed by atoms with Crippen molar-refractivity contribution >= 4 is 5.82 Å². The van der Waals surface area contributed by atoms with Crippen LogP contribution in [0.5, 0.6) is 0 Å². The minimum absolute atomic E-state index is 0.163. The minimum atomic E-state index is 0.163. The molecule has 0 aliphatic heterocycles.